The molecule has 0 fully saturated rings. The second-order valence-electron chi connectivity index (χ2n) is 4.48. The molecule has 0 aliphatic heterocycles. The molecule has 0 saturated heterocycles. The predicted molar refractivity (Wildman–Crippen MR) is 96.8 cm³/mol. The van der Waals surface area contributed by atoms with E-state index in [2.05, 4.69) is 37.0 Å². The van der Waals surface area contributed by atoms with E-state index in [1.165, 1.54) is 0 Å². The Morgan fingerprint density at radius 1 is 1.29 bits per heavy atom. The molecule has 0 aliphatic rings. The zero-order chi connectivity index (χ0) is 15.1. The molecule has 2 N–H and O–H groups in total. The highest BCUT2D eigenvalue weighted by atomic mass is 79.9. The fraction of sp³-hybridized carbons (Fsp3) is 0.0714. The Morgan fingerprint density at radius 3 is 2.67 bits per heavy atom. The minimum atomic E-state index is 0.618. The van der Waals surface area contributed by atoms with Crippen LogP contribution in [0.1, 0.15) is 0 Å². The molecule has 0 bridgehead atoms. The maximum absolute atomic E-state index is 6.21. The van der Waals surface area contributed by atoms with Crippen molar-refractivity contribution in [2.45, 2.75) is 0 Å². The smallest absolute Gasteiger partial charge is 0.129 e. The summed E-state index contributed by atoms with van der Waals surface area (Å²) < 4.78 is 3.72. The summed E-state index contributed by atoms with van der Waals surface area (Å²) >= 11 is 14.7. The number of hydrogen-bond acceptors (Lipinski definition) is 3. The van der Waals surface area contributed by atoms with Gasteiger partial charge in [-0.25, -0.2) is 0 Å². The van der Waals surface area contributed by atoms with Gasteiger partial charge in [0.1, 0.15) is 11.5 Å². The first-order valence-electron chi connectivity index (χ1n) is 6.01. The van der Waals surface area contributed by atoms with Gasteiger partial charge in [-0.05, 0) is 55.6 Å². The van der Waals surface area contributed by atoms with Crippen molar-refractivity contribution in [1.29, 1.82) is 0 Å². The molecule has 0 atom stereocenters. The topological polar surface area (TPSA) is 43.8 Å². The van der Waals surface area contributed by atoms with E-state index < -0.39 is 0 Å². The van der Waals surface area contributed by atoms with Gasteiger partial charge in [-0.15, -0.1) is 11.3 Å². The van der Waals surface area contributed by atoms with Crippen LogP contribution < -0.4 is 5.73 Å². The Morgan fingerprint density at radius 2 is 2.05 bits per heavy atom. The van der Waals surface area contributed by atoms with Crippen molar-refractivity contribution in [1.82, 2.24) is 9.78 Å². The monoisotopic (exact) mass is 445 g/mol. The van der Waals surface area contributed by atoms with Gasteiger partial charge in [0.2, 0.25) is 0 Å². The maximum atomic E-state index is 6.21. The van der Waals surface area contributed by atoms with Crippen LogP contribution in [0.15, 0.2) is 38.6 Å². The molecule has 7 heteroatoms. The SMILES string of the molecule is Cn1nc(-c2cc(Br)c(Br)s2)c(-c2cccc(Cl)c2)c1N. The maximum Gasteiger partial charge on any atom is 0.129 e. The van der Waals surface area contributed by atoms with Crippen molar-refractivity contribution in [3.63, 3.8) is 0 Å². The van der Waals surface area contributed by atoms with E-state index in [-0.39, 0.29) is 0 Å². The molecular weight excluding hydrogens is 438 g/mol. The van der Waals surface area contributed by atoms with Crippen LogP contribution in [0.5, 0.6) is 0 Å². The second kappa shape index (κ2) is 5.76. The Balaban J connectivity index is 2.25. The van der Waals surface area contributed by atoms with E-state index in [0.717, 1.165) is 30.0 Å². The third-order valence-electron chi connectivity index (χ3n) is 3.08. The van der Waals surface area contributed by atoms with Crippen LogP contribution in [0.3, 0.4) is 0 Å². The summed E-state index contributed by atoms with van der Waals surface area (Å²) in [6.07, 6.45) is 0. The number of hydrogen-bond donors (Lipinski definition) is 1. The molecule has 2 heterocycles. The summed E-state index contributed by atoms with van der Waals surface area (Å²) in [6, 6.07) is 9.67. The third kappa shape index (κ3) is 2.77. The van der Waals surface area contributed by atoms with Gasteiger partial charge in [0.15, 0.2) is 0 Å². The highest BCUT2D eigenvalue weighted by Crippen LogP contribution is 2.43. The molecule has 0 amide bonds. The van der Waals surface area contributed by atoms with E-state index in [1.54, 1.807) is 16.0 Å². The number of nitrogen functional groups attached to an aromatic ring is 1. The molecule has 0 unspecified atom stereocenters. The van der Waals surface area contributed by atoms with Gasteiger partial charge in [-0.3, -0.25) is 4.68 Å². The molecule has 21 heavy (non-hydrogen) atoms. The van der Waals surface area contributed by atoms with Gasteiger partial charge in [0.05, 0.1) is 14.2 Å². The fourth-order valence-electron chi connectivity index (χ4n) is 2.10. The number of aryl methyl sites for hydroxylation is 1. The van der Waals surface area contributed by atoms with Crippen molar-refractivity contribution in [2.75, 3.05) is 5.73 Å². The van der Waals surface area contributed by atoms with E-state index in [9.17, 15) is 0 Å². The lowest BCUT2D eigenvalue weighted by Crippen LogP contribution is -1.97. The molecule has 3 nitrogen and oxygen atoms in total. The van der Waals surface area contributed by atoms with Crippen LogP contribution in [0.2, 0.25) is 5.02 Å². The lowest BCUT2D eigenvalue weighted by atomic mass is 10.0. The van der Waals surface area contributed by atoms with E-state index in [0.29, 0.717) is 10.8 Å². The van der Waals surface area contributed by atoms with Crippen LogP contribution in [-0.4, -0.2) is 9.78 Å². The zero-order valence-corrected chi connectivity index (χ0v) is 15.6. The van der Waals surface area contributed by atoms with Crippen LogP contribution in [0.25, 0.3) is 21.7 Å². The van der Waals surface area contributed by atoms with E-state index in [1.807, 2.05) is 37.4 Å². The van der Waals surface area contributed by atoms with E-state index >= 15 is 0 Å². The number of nitrogens with zero attached hydrogens (tertiary/aromatic N) is 2. The quantitative estimate of drug-likeness (QED) is 0.558. The molecular formula is C14H10Br2ClN3S. The molecule has 108 valence electrons. The number of anilines is 1. The lowest BCUT2D eigenvalue weighted by Gasteiger charge is -2.03. The summed E-state index contributed by atoms with van der Waals surface area (Å²) in [5.41, 5.74) is 8.93. The summed E-state index contributed by atoms with van der Waals surface area (Å²) in [5.74, 6) is 0.618. The number of nitrogens with two attached hydrogens (primary N) is 1. The Kier molecular flexibility index (Phi) is 4.14. The molecule has 2 aromatic heterocycles. The van der Waals surface area contributed by atoms with Crippen molar-refractivity contribution in [3.05, 3.63) is 43.6 Å². The molecule has 0 spiro atoms. The highest BCUT2D eigenvalue weighted by molar-refractivity contribution is 9.13. The number of rotatable bonds is 2. The van der Waals surface area contributed by atoms with Gasteiger partial charge in [-0.1, -0.05) is 23.7 Å². The molecule has 3 aromatic rings. The van der Waals surface area contributed by atoms with Crippen molar-refractivity contribution in [3.8, 4) is 21.7 Å². The van der Waals surface area contributed by atoms with E-state index in [4.69, 9.17) is 17.3 Å². The largest absolute Gasteiger partial charge is 0.383 e. The van der Waals surface area contributed by atoms with Crippen molar-refractivity contribution in [2.24, 2.45) is 7.05 Å². The zero-order valence-electron chi connectivity index (χ0n) is 10.9. The van der Waals surface area contributed by atoms with Gasteiger partial charge >= 0.3 is 0 Å². The second-order valence-corrected chi connectivity index (χ2v) is 8.14. The number of aromatic nitrogens is 2. The fourth-order valence-corrected chi connectivity index (χ4v) is 4.32. The Bertz CT molecular complexity index is 806. The number of halogens is 3. The standard InChI is InChI=1S/C14H10Br2ClN3S/c1-20-14(18)11(7-3-2-4-8(17)5-7)12(19-20)10-6-9(15)13(16)21-10/h2-6H,18H2,1H3. The van der Waals surface area contributed by atoms with Gasteiger partial charge < -0.3 is 5.73 Å². The summed E-state index contributed by atoms with van der Waals surface area (Å²) in [6.45, 7) is 0. The first-order valence-corrected chi connectivity index (χ1v) is 8.79. The van der Waals surface area contributed by atoms with Crippen LogP contribution in [0.4, 0.5) is 5.82 Å². The molecule has 0 saturated carbocycles. The normalized spacial score (nSPS) is 11.0. The minimum Gasteiger partial charge on any atom is -0.383 e. The first-order chi connectivity index (χ1) is 9.97. The highest BCUT2D eigenvalue weighted by Gasteiger charge is 2.20. The average Bonchev–Trinajstić information content (AvgIpc) is 2.91. The number of thiophene rings is 1. The molecule has 1 aromatic carbocycles. The van der Waals surface area contributed by atoms with Crippen LogP contribution in [0, 0.1) is 0 Å². The summed E-state index contributed by atoms with van der Waals surface area (Å²) in [7, 11) is 1.84. The summed E-state index contributed by atoms with van der Waals surface area (Å²) in [5, 5.41) is 5.23. The Hall–Kier alpha value is -0.820. The third-order valence-corrected chi connectivity index (χ3v) is 6.58. The average molecular weight is 448 g/mol. The molecule has 0 radical (unpaired) electrons. The minimum absolute atomic E-state index is 0.618. The molecule has 0 aliphatic carbocycles. The molecule has 3 rings (SSSR count). The summed E-state index contributed by atoms with van der Waals surface area (Å²) in [4.78, 5) is 1.04. The van der Waals surface area contributed by atoms with Crippen molar-refractivity contribution >= 4 is 60.6 Å². The van der Waals surface area contributed by atoms with Crippen LogP contribution >= 0.6 is 54.8 Å². The van der Waals surface area contributed by atoms with Gasteiger partial charge in [-0.2, -0.15) is 5.10 Å². The predicted octanol–water partition coefficient (Wildman–Crippen LogP) is 5.58. The first kappa shape index (κ1) is 15.1. The number of benzene rings is 1. The van der Waals surface area contributed by atoms with Crippen molar-refractivity contribution < 1.29 is 0 Å². The van der Waals surface area contributed by atoms with Gasteiger partial charge in [0.25, 0.3) is 0 Å². The lowest BCUT2D eigenvalue weighted by molar-refractivity contribution is 0.783. The van der Waals surface area contributed by atoms with Gasteiger partial charge in [0, 0.05) is 16.5 Å². The van der Waals surface area contributed by atoms with Crippen LogP contribution in [-0.2, 0) is 7.05 Å². The Labute approximate surface area is 148 Å².